The molecule has 0 aliphatic rings. The molecule has 1 heterocycles. The van der Waals surface area contributed by atoms with Crippen LogP contribution in [-0.4, -0.2) is 25.8 Å². The summed E-state index contributed by atoms with van der Waals surface area (Å²) in [6, 6.07) is 2.76. The van der Waals surface area contributed by atoms with Crippen LogP contribution in [0.25, 0.3) is 0 Å². The molecule has 0 atom stereocenters. The van der Waals surface area contributed by atoms with Crippen molar-refractivity contribution in [1.29, 1.82) is 0 Å². The van der Waals surface area contributed by atoms with Crippen molar-refractivity contribution in [1.82, 2.24) is 5.32 Å². The topological polar surface area (TPSA) is 51.5 Å². The van der Waals surface area contributed by atoms with Gasteiger partial charge in [-0.15, -0.1) is 0 Å². The van der Waals surface area contributed by atoms with Crippen LogP contribution in [-0.2, 0) is 11.3 Å². The Labute approximate surface area is 89.4 Å². The Bertz CT molecular complexity index is 359. The standard InChI is InChI=1S/C9H10F3NO3/c1-15-8(14)7-3-2-6(16-7)4-13-5-9(10,11)12/h2-3,13H,4-5H2,1H3. The number of carbonyl (C=O) groups is 1. The molecule has 0 aromatic carbocycles. The largest absolute Gasteiger partial charge is 0.463 e. The van der Waals surface area contributed by atoms with Crippen LogP contribution in [0.3, 0.4) is 0 Å². The number of ether oxygens (including phenoxy) is 1. The Morgan fingerprint density at radius 1 is 1.50 bits per heavy atom. The third kappa shape index (κ3) is 3.93. The summed E-state index contributed by atoms with van der Waals surface area (Å²) < 4.78 is 44.7. The number of hydrogen-bond acceptors (Lipinski definition) is 4. The van der Waals surface area contributed by atoms with Crippen LogP contribution in [0.2, 0.25) is 0 Å². The molecule has 1 aromatic rings. The molecule has 1 N–H and O–H groups in total. The second-order valence-corrected chi connectivity index (χ2v) is 2.98. The summed E-state index contributed by atoms with van der Waals surface area (Å²) in [5, 5.41) is 2.14. The van der Waals surface area contributed by atoms with Gasteiger partial charge in [0, 0.05) is 0 Å². The predicted octanol–water partition coefficient (Wildman–Crippen LogP) is 1.72. The molecule has 16 heavy (non-hydrogen) atoms. The van der Waals surface area contributed by atoms with Crippen molar-refractivity contribution in [3.63, 3.8) is 0 Å². The average molecular weight is 237 g/mol. The van der Waals surface area contributed by atoms with Gasteiger partial charge in [0.05, 0.1) is 20.2 Å². The minimum atomic E-state index is -4.27. The van der Waals surface area contributed by atoms with E-state index in [0.717, 1.165) is 0 Å². The van der Waals surface area contributed by atoms with Crippen LogP contribution in [0.15, 0.2) is 16.5 Å². The molecular formula is C9H10F3NO3. The van der Waals surface area contributed by atoms with Gasteiger partial charge in [0.2, 0.25) is 5.76 Å². The molecule has 0 unspecified atom stereocenters. The highest BCUT2D eigenvalue weighted by molar-refractivity contribution is 5.86. The highest BCUT2D eigenvalue weighted by atomic mass is 19.4. The molecule has 7 heteroatoms. The summed E-state index contributed by atoms with van der Waals surface area (Å²) >= 11 is 0. The maximum atomic E-state index is 11.8. The molecule has 1 aromatic heterocycles. The van der Waals surface area contributed by atoms with Crippen molar-refractivity contribution in [2.45, 2.75) is 12.7 Å². The summed E-state index contributed by atoms with van der Waals surface area (Å²) in [5.41, 5.74) is 0. The van der Waals surface area contributed by atoms with Gasteiger partial charge < -0.3 is 14.5 Å². The highest BCUT2D eigenvalue weighted by Crippen LogP contribution is 2.13. The van der Waals surface area contributed by atoms with Gasteiger partial charge in [0.15, 0.2) is 0 Å². The van der Waals surface area contributed by atoms with E-state index in [9.17, 15) is 18.0 Å². The number of halogens is 3. The number of furan rings is 1. The van der Waals surface area contributed by atoms with Gasteiger partial charge >= 0.3 is 12.1 Å². The molecule has 0 saturated carbocycles. The zero-order chi connectivity index (χ0) is 12.2. The fourth-order valence-electron chi connectivity index (χ4n) is 1.01. The third-order valence-electron chi connectivity index (χ3n) is 1.67. The van der Waals surface area contributed by atoms with Crippen molar-refractivity contribution in [3.8, 4) is 0 Å². The van der Waals surface area contributed by atoms with Crippen LogP contribution in [0.1, 0.15) is 16.3 Å². The van der Waals surface area contributed by atoms with E-state index < -0.39 is 18.7 Å². The first kappa shape index (κ1) is 12.6. The number of carbonyl (C=O) groups excluding carboxylic acids is 1. The van der Waals surface area contributed by atoms with E-state index in [0.29, 0.717) is 0 Å². The molecule has 0 fully saturated rings. The van der Waals surface area contributed by atoms with Gasteiger partial charge in [0.1, 0.15) is 5.76 Å². The van der Waals surface area contributed by atoms with Crippen molar-refractivity contribution in [2.24, 2.45) is 0 Å². The summed E-state index contributed by atoms with van der Waals surface area (Å²) in [4.78, 5) is 10.9. The van der Waals surface area contributed by atoms with Gasteiger partial charge in [-0.25, -0.2) is 4.79 Å². The molecule has 4 nitrogen and oxygen atoms in total. The minimum absolute atomic E-state index is 0.0358. The maximum absolute atomic E-state index is 11.8. The summed E-state index contributed by atoms with van der Waals surface area (Å²) in [6.45, 7) is -1.21. The number of rotatable bonds is 4. The van der Waals surface area contributed by atoms with Crippen LogP contribution in [0, 0.1) is 0 Å². The third-order valence-corrected chi connectivity index (χ3v) is 1.67. The Morgan fingerprint density at radius 3 is 2.75 bits per heavy atom. The summed E-state index contributed by atoms with van der Waals surface area (Å²) in [7, 11) is 1.19. The van der Waals surface area contributed by atoms with E-state index >= 15 is 0 Å². The lowest BCUT2D eigenvalue weighted by Crippen LogP contribution is -2.28. The second-order valence-electron chi connectivity index (χ2n) is 2.98. The Balaban J connectivity index is 2.44. The lowest BCUT2D eigenvalue weighted by Gasteiger charge is -2.06. The molecule has 0 saturated heterocycles. The summed E-state index contributed by atoms with van der Waals surface area (Å²) in [5.74, 6) is -0.460. The van der Waals surface area contributed by atoms with Gasteiger partial charge in [-0.1, -0.05) is 0 Å². The second kappa shape index (κ2) is 5.02. The first-order valence-corrected chi connectivity index (χ1v) is 4.37. The lowest BCUT2D eigenvalue weighted by molar-refractivity contribution is -0.125. The molecule has 0 aliphatic carbocycles. The van der Waals surface area contributed by atoms with Gasteiger partial charge in [0.25, 0.3) is 0 Å². The number of alkyl halides is 3. The van der Waals surface area contributed by atoms with Gasteiger partial charge in [-0.2, -0.15) is 13.2 Å². The van der Waals surface area contributed by atoms with Crippen molar-refractivity contribution < 1.29 is 27.1 Å². The number of methoxy groups -OCH3 is 1. The van der Waals surface area contributed by atoms with Crippen LogP contribution >= 0.6 is 0 Å². The van der Waals surface area contributed by atoms with Gasteiger partial charge in [-0.05, 0) is 12.1 Å². The van der Waals surface area contributed by atoms with Crippen LogP contribution in [0.5, 0.6) is 0 Å². The monoisotopic (exact) mass is 237 g/mol. The fraction of sp³-hybridized carbons (Fsp3) is 0.444. The van der Waals surface area contributed by atoms with E-state index in [-0.39, 0.29) is 18.1 Å². The van der Waals surface area contributed by atoms with Gasteiger partial charge in [-0.3, -0.25) is 0 Å². The van der Waals surface area contributed by atoms with E-state index in [1.54, 1.807) is 0 Å². The molecule has 1 rings (SSSR count). The Hall–Kier alpha value is -1.50. The lowest BCUT2D eigenvalue weighted by atomic mass is 10.4. The number of nitrogens with one attached hydrogen (secondary N) is 1. The highest BCUT2D eigenvalue weighted by Gasteiger charge is 2.26. The number of esters is 1. The zero-order valence-corrected chi connectivity index (χ0v) is 8.43. The molecule has 0 amide bonds. The zero-order valence-electron chi connectivity index (χ0n) is 8.43. The first-order chi connectivity index (χ1) is 7.42. The molecule has 0 aliphatic heterocycles. The average Bonchev–Trinajstić information content (AvgIpc) is 2.63. The Kier molecular flexibility index (Phi) is 3.94. The number of hydrogen-bond donors (Lipinski definition) is 1. The smallest absolute Gasteiger partial charge is 0.401 e. The van der Waals surface area contributed by atoms with Crippen LogP contribution < -0.4 is 5.32 Å². The van der Waals surface area contributed by atoms with Crippen molar-refractivity contribution >= 4 is 5.97 Å². The van der Waals surface area contributed by atoms with Crippen LogP contribution in [0.4, 0.5) is 13.2 Å². The first-order valence-electron chi connectivity index (χ1n) is 4.37. The van der Waals surface area contributed by atoms with E-state index in [2.05, 4.69) is 10.1 Å². The molecular weight excluding hydrogens is 227 g/mol. The molecule has 0 radical (unpaired) electrons. The van der Waals surface area contributed by atoms with E-state index in [4.69, 9.17) is 4.42 Å². The molecule has 0 spiro atoms. The van der Waals surface area contributed by atoms with Crippen molar-refractivity contribution in [3.05, 3.63) is 23.7 Å². The minimum Gasteiger partial charge on any atom is -0.463 e. The Morgan fingerprint density at radius 2 is 2.19 bits per heavy atom. The maximum Gasteiger partial charge on any atom is 0.401 e. The fourth-order valence-corrected chi connectivity index (χ4v) is 1.01. The molecule has 90 valence electrons. The van der Waals surface area contributed by atoms with E-state index in [1.165, 1.54) is 19.2 Å². The SMILES string of the molecule is COC(=O)c1ccc(CNCC(F)(F)F)o1. The normalized spacial score (nSPS) is 11.5. The van der Waals surface area contributed by atoms with Crippen molar-refractivity contribution in [2.75, 3.05) is 13.7 Å². The summed E-state index contributed by atoms with van der Waals surface area (Å²) in [6.07, 6.45) is -4.27. The quantitative estimate of drug-likeness (QED) is 0.810. The van der Waals surface area contributed by atoms with E-state index in [1.807, 2.05) is 0 Å². The predicted molar refractivity (Wildman–Crippen MR) is 47.8 cm³/mol. The molecule has 0 bridgehead atoms.